The van der Waals surface area contributed by atoms with Crippen molar-refractivity contribution in [3.8, 4) is 0 Å². The van der Waals surface area contributed by atoms with E-state index < -0.39 is 5.60 Å². The molecule has 0 amide bonds. The molecule has 1 aliphatic carbocycles. The van der Waals surface area contributed by atoms with E-state index in [1.807, 2.05) is 31.2 Å². The molecular weight excluding hydrogens is 176 g/mol. The zero-order valence-electron chi connectivity index (χ0n) is 8.66. The monoisotopic (exact) mass is 192 g/mol. The fourth-order valence-corrected chi connectivity index (χ4v) is 1.96. The fourth-order valence-electron chi connectivity index (χ4n) is 1.96. The zero-order valence-corrected chi connectivity index (χ0v) is 8.66. The molecule has 0 heterocycles. The van der Waals surface area contributed by atoms with Crippen LogP contribution in [0.4, 0.5) is 0 Å². The third-order valence-corrected chi connectivity index (χ3v) is 3.05. The summed E-state index contributed by atoms with van der Waals surface area (Å²) in [5.41, 5.74) is 1.59. The first-order valence-electron chi connectivity index (χ1n) is 4.96. The average Bonchev–Trinajstić information content (AvgIpc) is 2.14. The minimum atomic E-state index is -0.644. The first kappa shape index (κ1) is 9.69. The summed E-state index contributed by atoms with van der Waals surface area (Å²) < 4.78 is 5.17. The van der Waals surface area contributed by atoms with Crippen molar-refractivity contribution >= 4 is 0 Å². The average molecular weight is 192 g/mol. The summed E-state index contributed by atoms with van der Waals surface area (Å²) in [5.74, 6) is 0. The number of hydrogen-bond donors (Lipinski definition) is 1. The molecule has 0 saturated heterocycles. The highest BCUT2D eigenvalue weighted by atomic mass is 16.5. The van der Waals surface area contributed by atoms with Gasteiger partial charge in [-0.2, -0.15) is 0 Å². The molecule has 1 aromatic rings. The van der Waals surface area contributed by atoms with Gasteiger partial charge in [0.25, 0.3) is 0 Å². The van der Waals surface area contributed by atoms with Gasteiger partial charge in [0.15, 0.2) is 0 Å². The van der Waals surface area contributed by atoms with Gasteiger partial charge in [0, 0.05) is 20.0 Å². The molecule has 0 bridgehead atoms. The van der Waals surface area contributed by atoms with Gasteiger partial charge in [-0.15, -0.1) is 0 Å². The summed E-state index contributed by atoms with van der Waals surface area (Å²) in [6.07, 6.45) is 1.65. The van der Waals surface area contributed by atoms with Crippen LogP contribution in [-0.2, 0) is 10.3 Å². The van der Waals surface area contributed by atoms with Gasteiger partial charge in [0.2, 0.25) is 0 Å². The molecule has 2 heteroatoms. The molecule has 1 aromatic carbocycles. The Labute approximate surface area is 84.5 Å². The molecule has 0 radical (unpaired) electrons. The molecule has 1 N–H and O–H groups in total. The highest BCUT2D eigenvalue weighted by Gasteiger charge is 2.44. The summed E-state index contributed by atoms with van der Waals surface area (Å²) in [6, 6.07) is 8.07. The second kappa shape index (κ2) is 3.37. The number of aliphatic hydroxyl groups is 1. The number of benzene rings is 1. The van der Waals surface area contributed by atoms with Gasteiger partial charge < -0.3 is 9.84 Å². The van der Waals surface area contributed by atoms with Crippen LogP contribution in [0.3, 0.4) is 0 Å². The molecule has 0 unspecified atom stereocenters. The molecule has 0 atom stereocenters. The van der Waals surface area contributed by atoms with E-state index in [9.17, 15) is 5.11 Å². The van der Waals surface area contributed by atoms with Crippen molar-refractivity contribution < 1.29 is 9.84 Å². The van der Waals surface area contributed by atoms with Crippen molar-refractivity contribution in [2.75, 3.05) is 7.11 Å². The van der Waals surface area contributed by atoms with E-state index in [2.05, 4.69) is 0 Å². The molecule has 1 fully saturated rings. The van der Waals surface area contributed by atoms with Crippen molar-refractivity contribution in [2.24, 2.45) is 0 Å². The summed E-state index contributed by atoms with van der Waals surface area (Å²) in [4.78, 5) is 0. The minimum Gasteiger partial charge on any atom is -0.385 e. The second-order valence-corrected chi connectivity index (χ2v) is 4.16. The molecule has 0 aromatic heterocycles. The maximum Gasteiger partial charge on any atom is 0.0945 e. The van der Waals surface area contributed by atoms with Crippen LogP contribution in [0.1, 0.15) is 24.0 Å². The van der Waals surface area contributed by atoms with Crippen LogP contribution in [0.2, 0.25) is 0 Å². The van der Waals surface area contributed by atoms with Crippen LogP contribution in [0.5, 0.6) is 0 Å². The van der Waals surface area contributed by atoms with E-state index in [0.29, 0.717) is 12.8 Å². The quantitative estimate of drug-likeness (QED) is 0.776. The van der Waals surface area contributed by atoms with E-state index >= 15 is 0 Å². The fraction of sp³-hybridized carbons (Fsp3) is 0.500. The van der Waals surface area contributed by atoms with Crippen LogP contribution < -0.4 is 0 Å². The van der Waals surface area contributed by atoms with E-state index in [-0.39, 0.29) is 6.10 Å². The lowest BCUT2D eigenvalue weighted by atomic mass is 9.73. The lowest BCUT2D eigenvalue weighted by Crippen LogP contribution is -2.45. The Bertz CT molecular complexity index is 310. The van der Waals surface area contributed by atoms with Gasteiger partial charge in [0.1, 0.15) is 0 Å². The van der Waals surface area contributed by atoms with Crippen LogP contribution in [0, 0.1) is 6.92 Å². The lowest BCUT2D eigenvalue weighted by Gasteiger charge is -2.43. The Balaban J connectivity index is 2.13. The molecule has 0 aliphatic heterocycles. The van der Waals surface area contributed by atoms with Gasteiger partial charge in [-0.25, -0.2) is 0 Å². The second-order valence-electron chi connectivity index (χ2n) is 4.16. The van der Waals surface area contributed by atoms with Crippen LogP contribution in [0.15, 0.2) is 24.3 Å². The van der Waals surface area contributed by atoms with E-state index in [0.717, 1.165) is 5.56 Å². The van der Waals surface area contributed by atoms with Gasteiger partial charge in [0.05, 0.1) is 11.7 Å². The van der Waals surface area contributed by atoms with Crippen molar-refractivity contribution in [2.45, 2.75) is 31.5 Å². The molecular formula is C12H16O2. The Morgan fingerprint density at radius 1 is 1.29 bits per heavy atom. The van der Waals surface area contributed by atoms with Gasteiger partial charge in [-0.05, 0) is 12.5 Å². The van der Waals surface area contributed by atoms with Crippen molar-refractivity contribution in [3.05, 3.63) is 35.4 Å². The number of aryl methyl sites for hydroxylation is 1. The van der Waals surface area contributed by atoms with Gasteiger partial charge in [-0.1, -0.05) is 29.8 Å². The van der Waals surface area contributed by atoms with Crippen LogP contribution >= 0.6 is 0 Å². The predicted octanol–water partition coefficient (Wildman–Crippen LogP) is 1.99. The van der Waals surface area contributed by atoms with Crippen LogP contribution in [-0.4, -0.2) is 18.3 Å². The highest BCUT2D eigenvalue weighted by molar-refractivity contribution is 5.28. The Morgan fingerprint density at radius 3 is 2.36 bits per heavy atom. The summed E-state index contributed by atoms with van der Waals surface area (Å²) in [7, 11) is 1.69. The molecule has 2 rings (SSSR count). The minimum absolute atomic E-state index is 0.223. The normalized spacial score (nSPS) is 31.2. The Kier molecular flexibility index (Phi) is 2.33. The predicted molar refractivity (Wildman–Crippen MR) is 55.1 cm³/mol. The summed E-state index contributed by atoms with van der Waals surface area (Å²) >= 11 is 0. The standard InChI is InChI=1S/C12H16O2/c1-9-3-5-10(6-4-9)12(13)7-11(8-12)14-2/h3-6,11,13H,7-8H2,1-2H3. The van der Waals surface area contributed by atoms with Crippen molar-refractivity contribution in [1.29, 1.82) is 0 Å². The molecule has 1 saturated carbocycles. The van der Waals surface area contributed by atoms with E-state index in [1.165, 1.54) is 5.56 Å². The van der Waals surface area contributed by atoms with Crippen molar-refractivity contribution in [3.63, 3.8) is 0 Å². The largest absolute Gasteiger partial charge is 0.385 e. The first-order chi connectivity index (χ1) is 6.64. The van der Waals surface area contributed by atoms with Crippen molar-refractivity contribution in [1.82, 2.24) is 0 Å². The third kappa shape index (κ3) is 1.56. The Hall–Kier alpha value is -0.860. The molecule has 14 heavy (non-hydrogen) atoms. The molecule has 0 spiro atoms. The van der Waals surface area contributed by atoms with Crippen LogP contribution in [0.25, 0.3) is 0 Å². The maximum absolute atomic E-state index is 10.2. The van der Waals surface area contributed by atoms with E-state index in [1.54, 1.807) is 7.11 Å². The number of methoxy groups -OCH3 is 1. The van der Waals surface area contributed by atoms with Gasteiger partial charge in [-0.3, -0.25) is 0 Å². The topological polar surface area (TPSA) is 29.5 Å². The number of ether oxygens (including phenoxy) is 1. The zero-order chi connectivity index (χ0) is 10.2. The summed E-state index contributed by atoms with van der Waals surface area (Å²) in [6.45, 7) is 2.05. The number of rotatable bonds is 2. The SMILES string of the molecule is COC1CC(O)(c2ccc(C)cc2)C1. The highest BCUT2D eigenvalue weighted by Crippen LogP contribution is 2.42. The summed E-state index contributed by atoms with van der Waals surface area (Å²) in [5, 5.41) is 10.2. The Morgan fingerprint density at radius 2 is 1.86 bits per heavy atom. The number of hydrogen-bond acceptors (Lipinski definition) is 2. The third-order valence-electron chi connectivity index (χ3n) is 3.05. The first-order valence-corrected chi connectivity index (χ1v) is 4.96. The maximum atomic E-state index is 10.2. The molecule has 2 nitrogen and oxygen atoms in total. The molecule has 76 valence electrons. The van der Waals surface area contributed by atoms with E-state index in [4.69, 9.17) is 4.74 Å². The molecule has 1 aliphatic rings. The van der Waals surface area contributed by atoms with Gasteiger partial charge >= 0.3 is 0 Å². The lowest BCUT2D eigenvalue weighted by molar-refractivity contribution is -0.133. The smallest absolute Gasteiger partial charge is 0.0945 e.